The van der Waals surface area contributed by atoms with Crippen molar-refractivity contribution in [3.05, 3.63) is 64.4 Å². The summed E-state index contributed by atoms with van der Waals surface area (Å²) < 4.78 is 32.4. The third kappa shape index (κ3) is 5.01. The summed E-state index contributed by atoms with van der Waals surface area (Å²) in [6.07, 6.45) is 4.03. The molecule has 2 heterocycles. The predicted octanol–water partition coefficient (Wildman–Crippen LogP) is 0.678. The maximum absolute atomic E-state index is 12.3. The second kappa shape index (κ2) is 8.46. The van der Waals surface area contributed by atoms with Gasteiger partial charge in [0.2, 0.25) is 6.33 Å². The molecule has 0 spiro atoms. The molecule has 0 amide bonds. The Morgan fingerprint density at radius 3 is 2.62 bits per heavy atom. The number of hydrogen-bond acceptors (Lipinski definition) is 9. The highest BCUT2D eigenvalue weighted by Crippen LogP contribution is 2.16. The maximum atomic E-state index is 12.3. The normalized spacial score (nSPS) is 12.8. The molecule has 1 atom stereocenters. The topological polar surface area (TPSA) is 155 Å². The first-order valence-electron chi connectivity index (χ1n) is 8.42. The summed E-state index contributed by atoms with van der Waals surface area (Å²) in [6.45, 7) is 1.24. The predicted molar refractivity (Wildman–Crippen MR) is 98.4 cm³/mol. The van der Waals surface area contributed by atoms with E-state index in [0.717, 1.165) is 5.56 Å². The van der Waals surface area contributed by atoms with Crippen molar-refractivity contribution < 1.29 is 22.6 Å². The fourth-order valence-electron chi connectivity index (χ4n) is 2.43. The molecule has 13 heteroatoms. The van der Waals surface area contributed by atoms with Crippen molar-refractivity contribution in [1.82, 2.24) is 24.5 Å². The van der Waals surface area contributed by atoms with E-state index in [1.54, 1.807) is 12.1 Å². The van der Waals surface area contributed by atoms with Gasteiger partial charge in [-0.3, -0.25) is 4.18 Å². The number of aliphatic hydroxyl groups is 1. The summed E-state index contributed by atoms with van der Waals surface area (Å²) in [4.78, 5) is 13.7. The van der Waals surface area contributed by atoms with Gasteiger partial charge in [-0.25, -0.2) is 4.68 Å². The van der Waals surface area contributed by atoms with Crippen molar-refractivity contribution in [3.8, 4) is 0 Å². The Labute approximate surface area is 165 Å². The lowest BCUT2D eigenvalue weighted by Crippen LogP contribution is -2.22. The van der Waals surface area contributed by atoms with Crippen LogP contribution >= 0.6 is 0 Å². The number of hydrogen-bond donors (Lipinski definition) is 1. The van der Waals surface area contributed by atoms with Crippen LogP contribution in [0.25, 0.3) is 0 Å². The molecule has 1 unspecified atom stereocenters. The highest BCUT2D eigenvalue weighted by Gasteiger charge is 2.20. The van der Waals surface area contributed by atoms with Crippen LogP contribution in [-0.4, -0.2) is 56.2 Å². The summed E-state index contributed by atoms with van der Waals surface area (Å²) in [6, 6.07) is 5.41. The van der Waals surface area contributed by atoms with Crippen LogP contribution < -0.4 is 0 Å². The van der Waals surface area contributed by atoms with Crippen molar-refractivity contribution in [2.24, 2.45) is 0 Å². The average Bonchev–Trinajstić information content (AvgIpc) is 3.33. The van der Waals surface area contributed by atoms with Crippen molar-refractivity contribution in [3.63, 3.8) is 0 Å². The number of nitrogens with zero attached hydrogens (tertiary/aromatic N) is 6. The zero-order valence-electron chi connectivity index (χ0n) is 15.3. The van der Waals surface area contributed by atoms with Crippen LogP contribution in [0.4, 0.5) is 5.82 Å². The lowest BCUT2D eigenvalue weighted by molar-refractivity contribution is -0.389. The first-order valence-corrected chi connectivity index (χ1v) is 9.83. The highest BCUT2D eigenvalue weighted by atomic mass is 32.2. The third-order valence-electron chi connectivity index (χ3n) is 4.02. The van der Waals surface area contributed by atoms with E-state index < -0.39 is 27.7 Å². The molecule has 0 aliphatic rings. The third-order valence-corrected chi connectivity index (χ3v) is 5.31. The highest BCUT2D eigenvalue weighted by molar-refractivity contribution is 7.86. The largest absolute Gasteiger partial charge is 0.394 e. The number of aliphatic hydroxyl groups excluding tert-OH is 1. The molecule has 0 saturated heterocycles. The van der Waals surface area contributed by atoms with Crippen molar-refractivity contribution in [1.29, 1.82) is 0 Å². The number of nitro groups is 1. The van der Waals surface area contributed by atoms with Crippen LogP contribution in [0.2, 0.25) is 0 Å². The summed E-state index contributed by atoms with van der Waals surface area (Å²) >= 11 is 0. The molecular formula is C16H18N6O6S. The molecule has 1 aromatic carbocycles. The average molecular weight is 422 g/mol. The van der Waals surface area contributed by atoms with Gasteiger partial charge < -0.3 is 19.8 Å². The van der Waals surface area contributed by atoms with Crippen LogP contribution in [0.5, 0.6) is 0 Å². The van der Waals surface area contributed by atoms with E-state index in [9.17, 15) is 23.6 Å². The van der Waals surface area contributed by atoms with Gasteiger partial charge in [0.1, 0.15) is 17.9 Å². The molecule has 0 aliphatic carbocycles. The van der Waals surface area contributed by atoms with E-state index in [2.05, 4.69) is 15.3 Å². The van der Waals surface area contributed by atoms with Gasteiger partial charge in [0.25, 0.3) is 10.1 Å². The Bertz CT molecular complexity index is 1090. The molecule has 0 bridgehead atoms. The van der Waals surface area contributed by atoms with Crippen molar-refractivity contribution >= 4 is 15.9 Å². The molecule has 0 radical (unpaired) electrons. The molecule has 0 aliphatic heterocycles. The fraction of sp³-hybridized carbons (Fsp3) is 0.312. The number of rotatable bonds is 9. The van der Waals surface area contributed by atoms with E-state index in [1.165, 1.54) is 40.1 Å². The number of aryl methyl sites for hydroxylation is 1. The Hall–Kier alpha value is -3.16. The van der Waals surface area contributed by atoms with Crippen LogP contribution in [0.15, 0.2) is 47.9 Å². The maximum Gasteiger partial charge on any atom is 0.381 e. The Morgan fingerprint density at radius 1 is 1.28 bits per heavy atom. The molecule has 2 aromatic heterocycles. The van der Waals surface area contributed by atoms with Gasteiger partial charge in [0.15, 0.2) is 0 Å². The Kier molecular flexibility index (Phi) is 6.00. The van der Waals surface area contributed by atoms with E-state index in [0.29, 0.717) is 5.69 Å². The summed E-state index contributed by atoms with van der Waals surface area (Å²) in [7, 11) is -3.99. The minimum atomic E-state index is -3.99. The Balaban J connectivity index is 1.65. The minimum Gasteiger partial charge on any atom is -0.394 e. The summed E-state index contributed by atoms with van der Waals surface area (Å²) in [5, 5.41) is 28.1. The molecule has 0 saturated carbocycles. The molecule has 3 rings (SSSR count). The molecule has 0 fully saturated rings. The smallest absolute Gasteiger partial charge is 0.381 e. The van der Waals surface area contributed by atoms with Gasteiger partial charge >= 0.3 is 5.82 Å². The molecule has 154 valence electrons. The zero-order chi connectivity index (χ0) is 21.0. The zero-order valence-corrected chi connectivity index (χ0v) is 16.1. The number of imidazole rings is 1. The standard InChI is InChI=1S/C16H18N6O6S/c1-12-2-4-15(5-3-12)29(26,27)28-10-14(9-23)21-7-13(18-19-21)6-20-8-16(17-11-20)22(24)25/h2-5,7-8,11,14,23H,6,9-10H2,1H3. The number of aromatic nitrogens is 5. The van der Waals surface area contributed by atoms with Crippen molar-refractivity contribution in [2.75, 3.05) is 13.2 Å². The van der Waals surface area contributed by atoms with Crippen LogP contribution in [0.1, 0.15) is 17.3 Å². The lowest BCUT2D eigenvalue weighted by atomic mass is 10.2. The number of benzene rings is 1. The second-order valence-corrected chi connectivity index (χ2v) is 7.85. The monoisotopic (exact) mass is 422 g/mol. The van der Waals surface area contributed by atoms with Gasteiger partial charge in [-0.2, -0.15) is 8.42 Å². The van der Waals surface area contributed by atoms with Crippen LogP contribution in [-0.2, 0) is 20.8 Å². The van der Waals surface area contributed by atoms with Gasteiger partial charge in [0, 0.05) is 0 Å². The van der Waals surface area contributed by atoms with E-state index in [4.69, 9.17) is 4.18 Å². The SMILES string of the molecule is Cc1ccc(S(=O)(=O)OCC(CO)n2cc(Cn3cnc([N+](=O)[O-])c3)nn2)cc1. The quantitative estimate of drug-likeness (QED) is 0.297. The van der Waals surface area contributed by atoms with Gasteiger partial charge in [-0.1, -0.05) is 22.9 Å². The summed E-state index contributed by atoms with van der Waals surface area (Å²) in [5.74, 6) is -0.291. The van der Waals surface area contributed by atoms with Gasteiger partial charge in [-0.15, -0.1) is 5.10 Å². The molecule has 1 N–H and O–H groups in total. The Morgan fingerprint density at radius 2 is 2.00 bits per heavy atom. The van der Waals surface area contributed by atoms with Gasteiger partial charge in [0.05, 0.1) is 30.9 Å². The van der Waals surface area contributed by atoms with Crippen LogP contribution in [0.3, 0.4) is 0 Å². The summed E-state index contributed by atoms with van der Waals surface area (Å²) in [5.41, 5.74) is 1.35. The first kappa shape index (κ1) is 20.6. The molecule has 3 aromatic rings. The van der Waals surface area contributed by atoms with Crippen LogP contribution in [0, 0.1) is 17.0 Å². The van der Waals surface area contributed by atoms with Gasteiger partial charge in [-0.05, 0) is 29.0 Å². The molecule has 12 nitrogen and oxygen atoms in total. The van der Waals surface area contributed by atoms with E-state index in [1.807, 2.05) is 6.92 Å². The second-order valence-electron chi connectivity index (χ2n) is 6.24. The fourth-order valence-corrected chi connectivity index (χ4v) is 3.38. The van der Waals surface area contributed by atoms with Crippen molar-refractivity contribution in [2.45, 2.75) is 24.4 Å². The minimum absolute atomic E-state index is 0.0146. The first-order chi connectivity index (χ1) is 13.8. The lowest BCUT2D eigenvalue weighted by Gasteiger charge is -2.14. The van der Waals surface area contributed by atoms with E-state index in [-0.39, 0.29) is 23.9 Å². The molecular weight excluding hydrogens is 404 g/mol. The molecule has 29 heavy (non-hydrogen) atoms. The van der Waals surface area contributed by atoms with E-state index >= 15 is 0 Å².